The third-order valence-electron chi connectivity index (χ3n) is 4.66. The largest absolute Gasteiger partial charge is 0.418 e. The molecule has 0 spiro atoms. The lowest BCUT2D eigenvalue weighted by Gasteiger charge is -2.29. The second-order valence-corrected chi connectivity index (χ2v) is 6.89. The summed E-state index contributed by atoms with van der Waals surface area (Å²) in [7, 11) is 0. The maximum atomic E-state index is 13.6. The second-order valence-electron chi connectivity index (χ2n) is 6.89. The van der Waals surface area contributed by atoms with Crippen LogP contribution in [0.2, 0.25) is 0 Å². The quantitative estimate of drug-likeness (QED) is 0.639. The van der Waals surface area contributed by atoms with E-state index in [9.17, 15) is 27.6 Å². The van der Waals surface area contributed by atoms with Crippen LogP contribution < -0.4 is 21.3 Å². The zero-order valence-corrected chi connectivity index (χ0v) is 15.4. The highest BCUT2D eigenvalue weighted by atomic mass is 19.4. The number of carbonyl (C=O) groups is 3. The van der Waals surface area contributed by atoms with Crippen LogP contribution in [0.3, 0.4) is 0 Å². The predicted molar refractivity (Wildman–Crippen MR) is 97.0 cm³/mol. The molecule has 0 unspecified atom stereocenters. The predicted octanol–water partition coefficient (Wildman–Crippen LogP) is 0.861. The van der Waals surface area contributed by atoms with Crippen LogP contribution in [0, 0.1) is 5.92 Å². The lowest BCUT2D eigenvalue weighted by molar-refractivity contribution is -0.137. The maximum Gasteiger partial charge on any atom is 0.418 e. The normalized spacial score (nSPS) is 18.3. The summed E-state index contributed by atoms with van der Waals surface area (Å²) in [4.78, 5) is 37.1. The first-order chi connectivity index (χ1) is 13.7. The van der Waals surface area contributed by atoms with Crippen molar-refractivity contribution in [2.24, 2.45) is 11.7 Å². The Morgan fingerprint density at radius 2 is 2.03 bits per heavy atom. The molecule has 29 heavy (non-hydrogen) atoms. The second kappa shape index (κ2) is 8.37. The van der Waals surface area contributed by atoms with Crippen molar-refractivity contribution in [1.29, 1.82) is 0 Å². The first-order valence-electron chi connectivity index (χ1n) is 9.11. The van der Waals surface area contributed by atoms with Gasteiger partial charge in [-0.2, -0.15) is 13.2 Å². The van der Waals surface area contributed by atoms with E-state index in [-0.39, 0.29) is 49.5 Å². The van der Waals surface area contributed by atoms with Crippen molar-refractivity contribution in [1.82, 2.24) is 5.32 Å². The number of nitrogens with one attached hydrogen (secondary N) is 2. The van der Waals surface area contributed by atoms with Crippen LogP contribution >= 0.6 is 0 Å². The van der Waals surface area contributed by atoms with Crippen molar-refractivity contribution in [3.8, 4) is 0 Å². The number of anilines is 2. The molecule has 1 atom stereocenters. The van der Waals surface area contributed by atoms with Gasteiger partial charge in [-0.15, -0.1) is 0 Å². The lowest BCUT2D eigenvalue weighted by atomic mass is 10.1. The van der Waals surface area contributed by atoms with Gasteiger partial charge in [0.25, 0.3) is 5.91 Å². The molecule has 1 heterocycles. The Morgan fingerprint density at radius 1 is 1.31 bits per heavy atom. The van der Waals surface area contributed by atoms with Gasteiger partial charge in [-0.05, 0) is 31.0 Å². The van der Waals surface area contributed by atoms with E-state index in [0.717, 1.165) is 29.9 Å². The Kier molecular flexibility index (Phi) is 6.08. The van der Waals surface area contributed by atoms with Crippen LogP contribution in [0.15, 0.2) is 18.2 Å². The van der Waals surface area contributed by atoms with Crippen molar-refractivity contribution >= 4 is 29.1 Å². The SMILES string of the molecule is NC[C@@H](NC(=O)C1CC1)C(=O)Nc1ccc(N2CCOCC2=O)c(C(F)(F)F)c1. The van der Waals surface area contributed by atoms with E-state index in [1.165, 1.54) is 6.07 Å². The van der Waals surface area contributed by atoms with Gasteiger partial charge in [0.1, 0.15) is 12.6 Å². The average molecular weight is 414 g/mol. The molecule has 1 aromatic rings. The summed E-state index contributed by atoms with van der Waals surface area (Å²) >= 11 is 0. The van der Waals surface area contributed by atoms with Crippen LogP contribution in [-0.4, -0.2) is 50.1 Å². The van der Waals surface area contributed by atoms with Crippen LogP contribution in [0.25, 0.3) is 0 Å². The van der Waals surface area contributed by atoms with Gasteiger partial charge in [0.15, 0.2) is 0 Å². The molecular weight excluding hydrogens is 393 g/mol. The first kappa shape index (κ1) is 21.1. The summed E-state index contributed by atoms with van der Waals surface area (Å²) < 4.78 is 45.7. The first-order valence-corrected chi connectivity index (χ1v) is 9.11. The van der Waals surface area contributed by atoms with Gasteiger partial charge in [0.2, 0.25) is 11.8 Å². The van der Waals surface area contributed by atoms with Gasteiger partial charge in [0.05, 0.1) is 17.9 Å². The van der Waals surface area contributed by atoms with E-state index in [4.69, 9.17) is 10.5 Å². The molecule has 0 aromatic heterocycles. The van der Waals surface area contributed by atoms with Crippen LogP contribution in [0.4, 0.5) is 24.5 Å². The Hall–Kier alpha value is -2.66. The highest BCUT2D eigenvalue weighted by molar-refractivity contribution is 5.99. The number of carbonyl (C=O) groups excluding carboxylic acids is 3. The van der Waals surface area contributed by atoms with E-state index in [1.807, 2.05) is 0 Å². The van der Waals surface area contributed by atoms with E-state index in [1.54, 1.807) is 0 Å². The number of nitrogens with two attached hydrogens (primary N) is 1. The van der Waals surface area contributed by atoms with Gasteiger partial charge in [0, 0.05) is 24.7 Å². The van der Waals surface area contributed by atoms with E-state index < -0.39 is 29.6 Å². The molecule has 0 radical (unpaired) electrons. The molecule has 1 aliphatic carbocycles. The Bertz CT molecular complexity index is 811. The van der Waals surface area contributed by atoms with Crippen LogP contribution in [-0.2, 0) is 25.3 Å². The molecular formula is C18H21F3N4O4. The number of rotatable bonds is 6. The summed E-state index contributed by atoms with van der Waals surface area (Å²) in [6.07, 6.45) is -3.27. The summed E-state index contributed by atoms with van der Waals surface area (Å²) in [6.45, 7) is -0.373. The molecule has 1 saturated heterocycles. The molecule has 0 bridgehead atoms. The number of halogens is 3. The summed E-state index contributed by atoms with van der Waals surface area (Å²) in [5, 5.41) is 4.85. The monoisotopic (exact) mass is 414 g/mol. The summed E-state index contributed by atoms with van der Waals surface area (Å²) in [6, 6.07) is 2.09. The Labute approximate surface area is 164 Å². The number of hydrogen-bond donors (Lipinski definition) is 3. The summed E-state index contributed by atoms with van der Waals surface area (Å²) in [5.41, 5.74) is 4.04. The van der Waals surface area contributed by atoms with Crippen molar-refractivity contribution in [2.45, 2.75) is 25.1 Å². The van der Waals surface area contributed by atoms with E-state index >= 15 is 0 Å². The van der Waals surface area contributed by atoms with Gasteiger partial charge >= 0.3 is 6.18 Å². The number of ether oxygens (including phenoxy) is 1. The van der Waals surface area contributed by atoms with Crippen molar-refractivity contribution in [3.63, 3.8) is 0 Å². The molecule has 1 aromatic carbocycles. The fraction of sp³-hybridized carbons (Fsp3) is 0.500. The number of alkyl halides is 3. The standard InChI is InChI=1S/C18H21F3N4O4/c19-18(20,21)12-7-11(3-4-14(12)25-5-6-29-9-15(25)26)23-17(28)13(8-22)24-16(27)10-1-2-10/h3-4,7,10,13H,1-2,5-6,8-9,22H2,(H,23,28)(H,24,27)/t13-/m1/s1. The van der Waals surface area contributed by atoms with Crippen LogP contribution in [0.1, 0.15) is 18.4 Å². The van der Waals surface area contributed by atoms with Crippen molar-refractivity contribution < 1.29 is 32.3 Å². The van der Waals surface area contributed by atoms with Gasteiger partial charge in [-0.3, -0.25) is 14.4 Å². The third-order valence-corrected chi connectivity index (χ3v) is 4.66. The number of amides is 3. The smallest absolute Gasteiger partial charge is 0.370 e. The van der Waals surface area contributed by atoms with Gasteiger partial charge in [-0.1, -0.05) is 0 Å². The highest BCUT2D eigenvalue weighted by Crippen LogP contribution is 2.38. The van der Waals surface area contributed by atoms with E-state index in [2.05, 4.69) is 10.6 Å². The maximum absolute atomic E-state index is 13.6. The molecule has 3 rings (SSSR count). The molecule has 8 nitrogen and oxygen atoms in total. The number of nitrogens with zero attached hydrogens (tertiary/aromatic N) is 1. The minimum Gasteiger partial charge on any atom is -0.370 e. The molecule has 4 N–H and O–H groups in total. The minimum absolute atomic E-state index is 0.00390. The zero-order valence-electron chi connectivity index (χ0n) is 15.4. The van der Waals surface area contributed by atoms with Crippen LogP contribution in [0.5, 0.6) is 0 Å². The van der Waals surface area contributed by atoms with Gasteiger partial charge in [-0.25, -0.2) is 0 Å². The molecule has 1 aliphatic heterocycles. The molecule has 2 aliphatic rings. The van der Waals surface area contributed by atoms with E-state index in [0.29, 0.717) is 0 Å². The molecule has 2 fully saturated rings. The Morgan fingerprint density at radius 3 is 2.62 bits per heavy atom. The zero-order chi connectivity index (χ0) is 21.2. The lowest BCUT2D eigenvalue weighted by Crippen LogP contribution is -2.48. The molecule has 3 amide bonds. The van der Waals surface area contributed by atoms with Gasteiger partial charge < -0.3 is 26.0 Å². The molecule has 1 saturated carbocycles. The minimum atomic E-state index is -4.75. The molecule has 158 valence electrons. The fourth-order valence-electron chi connectivity index (χ4n) is 2.94. The molecule has 11 heteroatoms. The number of benzene rings is 1. The average Bonchev–Trinajstić information content (AvgIpc) is 3.51. The topological polar surface area (TPSA) is 114 Å². The highest BCUT2D eigenvalue weighted by Gasteiger charge is 2.37. The number of hydrogen-bond acceptors (Lipinski definition) is 5. The van der Waals surface area contributed by atoms with Crippen molar-refractivity contribution in [2.75, 3.05) is 36.5 Å². The fourth-order valence-corrected chi connectivity index (χ4v) is 2.94. The Balaban J connectivity index is 1.79. The summed E-state index contributed by atoms with van der Waals surface area (Å²) in [5.74, 6) is -1.74. The third kappa shape index (κ3) is 5.04. The number of morpholine rings is 1. The van der Waals surface area contributed by atoms with Crippen molar-refractivity contribution in [3.05, 3.63) is 23.8 Å².